The largest absolute Gasteiger partial charge is 0.497 e. The molecule has 7 nitrogen and oxygen atoms in total. The van der Waals surface area contributed by atoms with E-state index < -0.39 is 0 Å². The molecule has 0 fully saturated rings. The van der Waals surface area contributed by atoms with Crippen LogP contribution in [-0.2, 0) is 32.5 Å². The summed E-state index contributed by atoms with van der Waals surface area (Å²) in [5, 5.41) is 14.1. The number of ether oxygens (including phenoxy) is 2. The van der Waals surface area contributed by atoms with Crippen LogP contribution in [0.5, 0.6) is 11.5 Å². The van der Waals surface area contributed by atoms with Crippen LogP contribution in [0.2, 0.25) is 0 Å². The van der Waals surface area contributed by atoms with Gasteiger partial charge in [0.2, 0.25) is 0 Å². The van der Waals surface area contributed by atoms with Crippen molar-refractivity contribution in [1.29, 1.82) is 0 Å². The summed E-state index contributed by atoms with van der Waals surface area (Å²) in [6.45, 7) is 24.6. The van der Waals surface area contributed by atoms with Gasteiger partial charge in [0.15, 0.2) is 0 Å². The molecule has 0 bridgehead atoms. The summed E-state index contributed by atoms with van der Waals surface area (Å²) >= 11 is 0. The van der Waals surface area contributed by atoms with Crippen LogP contribution in [0.25, 0.3) is 44.5 Å². The van der Waals surface area contributed by atoms with E-state index in [1.165, 1.54) is 117 Å². The van der Waals surface area contributed by atoms with Crippen molar-refractivity contribution >= 4 is 45.6 Å². The lowest BCUT2D eigenvalue weighted by molar-refractivity contribution is 0.415. The van der Waals surface area contributed by atoms with Crippen LogP contribution in [-0.4, -0.2) is 19.2 Å². The molecular weight excluding hydrogens is 1400 g/mol. The molecule has 4 aliphatic rings. The van der Waals surface area contributed by atoms with Crippen molar-refractivity contribution in [3.8, 4) is 56.0 Å². The molecule has 0 amide bonds. The summed E-state index contributed by atoms with van der Waals surface area (Å²) in [4.78, 5) is 4.50. The summed E-state index contributed by atoms with van der Waals surface area (Å²) in [7, 11) is 3.38. The van der Waals surface area contributed by atoms with Crippen molar-refractivity contribution < 1.29 is 9.47 Å². The third kappa shape index (κ3) is 14.5. The molecule has 4 aliphatic carbocycles. The summed E-state index contributed by atoms with van der Waals surface area (Å²) in [6, 6.07) is 124. The van der Waals surface area contributed by atoms with Crippen molar-refractivity contribution in [2.24, 2.45) is 0 Å². The minimum absolute atomic E-state index is 0.0414. The Hall–Kier alpha value is -13.0. The Bertz CT molecular complexity index is 5680. The van der Waals surface area contributed by atoms with Crippen molar-refractivity contribution in [1.82, 2.24) is 4.98 Å². The third-order valence-corrected chi connectivity index (χ3v) is 23.5. The molecule has 1 spiro atoms. The number of nitrogens with one attached hydrogen (secondary N) is 4. The SMILES string of the molecule is CC(C)(C)c1ccc(Nc2ccc(C(C)(C)C)cn2)cc1.CC(C)(C)c1ccc(Nc2ccc3c(c2)C(C)(C)c2ccccc2-3)cc1.COc1ccc(Nc2ccc3c(c2)C(c2ccccc2)(c2ccccc2)c2ccccc2-3)cc1.COc1ccc(Nc2ccc3c(c2)C2(c4ccccc4-c4ccccc42)c2ccccc2-3)cc1. The van der Waals surface area contributed by atoms with Crippen molar-refractivity contribution in [3.63, 3.8) is 0 Å². The monoisotopic (exact) mass is 1500 g/mol. The molecule has 115 heavy (non-hydrogen) atoms. The zero-order valence-corrected chi connectivity index (χ0v) is 68.3. The second-order valence-corrected chi connectivity index (χ2v) is 34.2. The Morgan fingerprint density at radius 2 is 0.522 bits per heavy atom. The lowest BCUT2D eigenvalue weighted by Gasteiger charge is -2.34. The first-order chi connectivity index (χ1) is 55.5. The molecule has 0 saturated heterocycles. The highest BCUT2D eigenvalue weighted by molar-refractivity contribution is 5.96. The van der Waals surface area contributed by atoms with Gasteiger partial charge in [-0.05, 0) is 248 Å². The van der Waals surface area contributed by atoms with Crippen molar-refractivity contribution in [2.45, 2.75) is 109 Å². The number of pyridine rings is 1. The molecule has 0 unspecified atom stereocenters. The normalized spacial score (nSPS) is 13.5. The van der Waals surface area contributed by atoms with E-state index in [-0.39, 0.29) is 32.5 Å². The molecule has 0 aliphatic heterocycles. The van der Waals surface area contributed by atoms with Crippen LogP contribution in [0.1, 0.15) is 148 Å². The molecule has 0 atom stereocenters. The lowest BCUT2D eigenvalue weighted by Crippen LogP contribution is -2.28. The first-order valence-corrected chi connectivity index (χ1v) is 40.1. The van der Waals surface area contributed by atoms with Gasteiger partial charge in [0.1, 0.15) is 17.3 Å². The van der Waals surface area contributed by atoms with Gasteiger partial charge in [0, 0.05) is 51.4 Å². The second kappa shape index (κ2) is 30.8. The Morgan fingerprint density at radius 3 is 0.878 bits per heavy atom. The maximum Gasteiger partial charge on any atom is 0.130 e. The predicted octanol–water partition coefficient (Wildman–Crippen LogP) is 28.0. The zero-order valence-electron chi connectivity index (χ0n) is 68.3. The highest BCUT2D eigenvalue weighted by atomic mass is 16.5. The Kier molecular flexibility index (Phi) is 20.4. The fourth-order valence-electron chi connectivity index (χ4n) is 17.5. The average molecular weight is 1500 g/mol. The van der Waals surface area contributed by atoms with Crippen LogP contribution < -0.4 is 30.7 Å². The van der Waals surface area contributed by atoms with Crippen LogP contribution in [0.4, 0.5) is 45.6 Å². The van der Waals surface area contributed by atoms with Gasteiger partial charge in [-0.3, -0.25) is 0 Å². The van der Waals surface area contributed by atoms with E-state index in [4.69, 9.17) is 9.47 Å². The molecule has 7 heteroatoms. The molecule has 4 N–H and O–H groups in total. The number of rotatable bonds is 12. The number of benzene rings is 14. The van der Waals surface area contributed by atoms with E-state index in [0.717, 1.165) is 57.1 Å². The number of hydrogen-bond donors (Lipinski definition) is 4. The molecule has 19 rings (SSSR count). The van der Waals surface area contributed by atoms with Gasteiger partial charge in [-0.15, -0.1) is 0 Å². The fraction of sp³-hybridized carbons (Fsp3) is 0.176. The van der Waals surface area contributed by atoms with Crippen LogP contribution >= 0.6 is 0 Å². The summed E-state index contributed by atoms with van der Waals surface area (Å²) < 4.78 is 10.6. The predicted molar refractivity (Wildman–Crippen MR) is 483 cm³/mol. The Balaban J connectivity index is 0.000000117. The van der Waals surface area contributed by atoms with E-state index in [9.17, 15) is 0 Å². The quantitative estimate of drug-likeness (QED) is 0.0971. The summed E-state index contributed by atoms with van der Waals surface area (Å²) in [6.07, 6.45) is 1.95. The minimum atomic E-state index is -0.383. The lowest BCUT2D eigenvalue weighted by atomic mass is 9.67. The molecule has 15 aromatic rings. The molecule has 14 aromatic carbocycles. The number of aromatic nitrogens is 1. The number of hydrogen-bond acceptors (Lipinski definition) is 7. The maximum absolute atomic E-state index is 5.32. The van der Waals surface area contributed by atoms with Gasteiger partial charge in [0.25, 0.3) is 0 Å². The number of nitrogens with zero attached hydrogens (tertiary/aromatic N) is 1. The number of anilines is 8. The van der Waals surface area contributed by atoms with Gasteiger partial charge < -0.3 is 30.7 Å². The first-order valence-electron chi connectivity index (χ1n) is 40.1. The van der Waals surface area contributed by atoms with Gasteiger partial charge in [-0.25, -0.2) is 4.98 Å². The highest BCUT2D eigenvalue weighted by Gasteiger charge is 2.52. The van der Waals surface area contributed by atoms with Crippen LogP contribution in [0, 0.1) is 0 Å². The zero-order chi connectivity index (χ0) is 79.9. The summed E-state index contributed by atoms with van der Waals surface area (Å²) in [5.74, 6) is 2.58. The van der Waals surface area contributed by atoms with Crippen LogP contribution in [0.3, 0.4) is 0 Å². The molecule has 0 radical (unpaired) electrons. The van der Waals surface area contributed by atoms with E-state index in [2.05, 4.69) is 406 Å². The first kappa shape index (κ1) is 76.0. The van der Waals surface area contributed by atoms with E-state index >= 15 is 0 Å². The van der Waals surface area contributed by atoms with Crippen molar-refractivity contribution in [2.75, 3.05) is 35.5 Å². The minimum Gasteiger partial charge on any atom is -0.497 e. The Morgan fingerprint density at radius 1 is 0.243 bits per heavy atom. The Labute approximate surface area is 680 Å². The number of fused-ring (bicyclic) bond motifs is 16. The molecule has 1 aromatic heterocycles. The molecular formula is C108H101N5O2. The molecule has 570 valence electrons. The van der Waals surface area contributed by atoms with E-state index in [0.29, 0.717) is 0 Å². The van der Waals surface area contributed by atoms with Crippen LogP contribution in [0.15, 0.2) is 352 Å². The fourth-order valence-corrected chi connectivity index (χ4v) is 17.5. The summed E-state index contributed by atoms with van der Waals surface area (Å²) in [5.41, 5.74) is 35.4. The van der Waals surface area contributed by atoms with E-state index in [1.54, 1.807) is 14.2 Å². The third-order valence-electron chi connectivity index (χ3n) is 23.5. The number of methoxy groups -OCH3 is 2. The van der Waals surface area contributed by atoms with Gasteiger partial charge in [-0.2, -0.15) is 0 Å². The standard InChI is InChI=1S/C32H23NO.C32H25NO.C25H27N.C19H26N2/c1-34-23-17-14-21(15-18-23)33-22-16-19-27-26-10-4-7-13-30(26)32(31(27)20-22)28-11-5-2-8-24(28)25-9-3-6-12-29(25)32;1-34-27-19-16-25(17-20-27)33-26-18-21-29-28-14-8-9-15-30(28)32(31(29)22-26,23-10-4-2-5-11-23)24-12-6-3-7-13-24;1-24(2,3)17-10-12-18(13-11-17)26-19-14-15-21-20-8-6-7-9-22(20)25(4,5)23(21)16-19;1-18(2,3)14-7-10-16(11-8-14)21-17-12-9-15(13-20-17)19(4,5)6/h2-20,33H,1H3;2-22,33H,1H3;6-16,26H,1-5H3;7-13H,1-6H3,(H,20,21). The topological polar surface area (TPSA) is 79.5 Å². The maximum atomic E-state index is 5.32. The van der Waals surface area contributed by atoms with Gasteiger partial charge in [-0.1, -0.05) is 307 Å². The van der Waals surface area contributed by atoms with E-state index in [1.807, 2.05) is 48.7 Å². The molecule has 1 heterocycles. The highest BCUT2D eigenvalue weighted by Crippen LogP contribution is 2.64. The molecule has 0 saturated carbocycles. The van der Waals surface area contributed by atoms with Crippen molar-refractivity contribution in [3.05, 3.63) is 424 Å². The van der Waals surface area contributed by atoms with Gasteiger partial charge >= 0.3 is 0 Å². The smallest absolute Gasteiger partial charge is 0.130 e. The average Bonchev–Trinajstić information content (AvgIpc) is 1.50. The second-order valence-electron chi connectivity index (χ2n) is 34.2. The van der Waals surface area contributed by atoms with Gasteiger partial charge in [0.05, 0.1) is 25.0 Å².